The Hall–Kier alpha value is -1.56. The molecule has 1 atom stereocenters. The lowest BCUT2D eigenvalue weighted by atomic mass is 9.88. The van der Waals surface area contributed by atoms with Crippen LogP contribution >= 0.6 is 0 Å². The Labute approximate surface area is 121 Å². The largest absolute Gasteiger partial charge is 0.415 e. The van der Waals surface area contributed by atoms with E-state index in [1.807, 2.05) is 30.3 Å². The van der Waals surface area contributed by atoms with Crippen molar-refractivity contribution in [3.63, 3.8) is 0 Å². The van der Waals surface area contributed by atoms with Gasteiger partial charge in [0, 0.05) is 13.1 Å². The highest BCUT2D eigenvalue weighted by atomic mass is 19.4. The molecule has 0 bridgehead atoms. The normalized spacial score (nSPS) is 20.1. The van der Waals surface area contributed by atoms with Gasteiger partial charge in [-0.1, -0.05) is 30.3 Å². The Bertz CT molecular complexity index is 491. The third-order valence-electron chi connectivity index (χ3n) is 4.09. The van der Waals surface area contributed by atoms with Crippen molar-refractivity contribution >= 4 is 5.91 Å². The van der Waals surface area contributed by atoms with E-state index < -0.39 is 17.6 Å². The Balaban J connectivity index is 2.00. The fourth-order valence-corrected chi connectivity index (χ4v) is 2.59. The van der Waals surface area contributed by atoms with E-state index in [4.69, 9.17) is 5.73 Å². The number of benzene rings is 1. The van der Waals surface area contributed by atoms with Crippen molar-refractivity contribution in [3.8, 4) is 0 Å². The van der Waals surface area contributed by atoms with E-state index >= 15 is 0 Å². The molecule has 0 spiro atoms. The number of halogens is 3. The molecule has 3 nitrogen and oxygen atoms in total. The van der Waals surface area contributed by atoms with Crippen molar-refractivity contribution < 1.29 is 18.0 Å². The van der Waals surface area contributed by atoms with Gasteiger partial charge in [-0.3, -0.25) is 4.79 Å². The maximum Gasteiger partial charge on any atom is 0.415 e. The first-order chi connectivity index (χ1) is 9.73. The first-order valence-corrected chi connectivity index (χ1v) is 6.93. The summed E-state index contributed by atoms with van der Waals surface area (Å²) in [6, 6.07) is 9.81. The zero-order valence-electron chi connectivity index (χ0n) is 11.9. The third kappa shape index (κ3) is 3.20. The summed E-state index contributed by atoms with van der Waals surface area (Å²) in [5.41, 5.74) is 3.55. The van der Waals surface area contributed by atoms with Crippen LogP contribution < -0.4 is 5.73 Å². The van der Waals surface area contributed by atoms with E-state index in [2.05, 4.69) is 0 Å². The van der Waals surface area contributed by atoms with Crippen LogP contribution in [0, 0.1) is 0 Å². The minimum atomic E-state index is -4.74. The van der Waals surface area contributed by atoms with Crippen LogP contribution in [0.3, 0.4) is 0 Å². The van der Waals surface area contributed by atoms with Gasteiger partial charge >= 0.3 is 6.18 Å². The predicted molar refractivity (Wildman–Crippen MR) is 73.6 cm³/mol. The Morgan fingerprint density at radius 3 is 2.19 bits per heavy atom. The molecule has 2 rings (SSSR count). The van der Waals surface area contributed by atoms with Gasteiger partial charge in [-0.25, -0.2) is 0 Å². The topological polar surface area (TPSA) is 46.3 Å². The summed E-state index contributed by atoms with van der Waals surface area (Å²) >= 11 is 0. The number of carbonyl (C=O) groups is 1. The van der Waals surface area contributed by atoms with Crippen LogP contribution in [-0.2, 0) is 4.79 Å². The first kappa shape index (κ1) is 15.8. The minimum absolute atomic E-state index is 0.283. The number of piperidine rings is 1. The molecule has 1 aliphatic heterocycles. The van der Waals surface area contributed by atoms with Gasteiger partial charge in [0.15, 0.2) is 5.54 Å². The van der Waals surface area contributed by atoms with Crippen molar-refractivity contribution in [2.24, 2.45) is 5.73 Å². The summed E-state index contributed by atoms with van der Waals surface area (Å²) in [7, 11) is 0. The number of amides is 1. The molecule has 1 saturated heterocycles. The number of alkyl halides is 3. The predicted octanol–water partition coefficient (Wildman–Crippen LogP) is 2.67. The fourth-order valence-electron chi connectivity index (χ4n) is 2.59. The Morgan fingerprint density at radius 2 is 1.71 bits per heavy atom. The van der Waals surface area contributed by atoms with E-state index in [0.29, 0.717) is 25.9 Å². The van der Waals surface area contributed by atoms with Gasteiger partial charge < -0.3 is 10.6 Å². The number of carbonyl (C=O) groups excluding carboxylic acids is 1. The van der Waals surface area contributed by atoms with Gasteiger partial charge in [0.2, 0.25) is 0 Å². The maximum absolute atomic E-state index is 12.8. The molecule has 1 heterocycles. The molecular formula is C15H19F3N2O. The Morgan fingerprint density at radius 1 is 1.19 bits per heavy atom. The zero-order valence-corrected chi connectivity index (χ0v) is 11.9. The first-order valence-electron chi connectivity index (χ1n) is 6.93. The summed E-state index contributed by atoms with van der Waals surface area (Å²) in [5.74, 6) is -0.758. The molecule has 0 radical (unpaired) electrons. The molecule has 21 heavy (non-hydrogen) atoms. The highest BCUT2D eigenvalue weighted by Gasteiger charge is 2.55. The molecule has 1 aliphatic rings. The van der Waals surface area contributed by atoms with Crippen molar-refractivity contribution in [3.05, 3.63) is 35.9 Å². The van der Waals surface area contributed by atoms with E-state index in [1.165, 1.54) is 4.90 Å². The summed E-state index contributed by atoms with van der Waals surface area (Å²) < 4.78 is 38.4. The van der Waals surface area contributed by atoms with Crippen molar-refractivity contribution in [1.82, 2.24) is 4.90 Å². The molecule has 1 amide bonds. The van der Waals surface area contributed by atoms with Crippen LogP contribution in [0.4, 0.5) is 13.2 Å². The molecule has 116 valence electrons. The average molecular weight is 300 g/mol. The van der Waals surface area contributed by atoms with Crippen molar-refractivity contribution in [2.75, 3.05) is 13.1 Å². The monoisotopic (exact) mass is 300 g/mol. The number of hydrogen-bond acceptors (Lipinski definition) is 2. The zero-order chi connectivity index (χ0) is 15.7. The summed E-state index contributed by atoms with van der Waals surface area (Å²) in [6.07, 6.45) is -3.42. The number of rotatable bonds is 2. The maximum atomic E-state index is 12.8. The lowest BCUT2D eigenvalue weighted by molar-refractivity contribution is -0.194. The molecule has 0 aromatic heterocycles. The molecule has 1 unspecified atom stereocenters. The quantitative estimate of drug-likeness (QED) is 0.912. The minimum Gasteiger partial charge on any atom is -0.341 e. The van der Waals surface area contributed by atoms with Gasteiger partial charge in [-0.15, -0.1) is 0 Å². The lowest BCUT2D eigenvalue weighted by Crippen LogP contribution is -2.62. The smallest absolute Gasteiger partial charge is 0.341 e. The number of likely N-dealkylation sites (tertiary alicyclic amines) is 1. The molecular weight excluding hydrogens is 281 g/mol. The fraction of sp³-hybridized carbons (Fsp3) is 0.533. The number of nitrogens with two attached hydrogens (primary N) is 1. The molecule has 1 aromatic rings. The van der Waals surface area contributed by atoms with Crippen LogP contribution in [0.15, 0.2) is 30.3 Å². The highest BCUT2D eigenvalue weighted by molar-refractivity contribution is 5.86. The van der Waals surface area contributed by atoms with Crippen LogP contribution in [0.2, 0.25) is 0 Å². The number of hydrogen-bond donors (Lipinski definition) is 1. The second kappa shape index (κ2) is 5.67. The molecule has 6 heteroatoms. The van der Waals surface area contributed by atoms with Crippen LogP contribution in [0.5, 0.6) is 0 Å². The average Bonchev–Trinajstić information content (AvgIpc) is 2.46. The molecule has 2 N–H and O–H groups in total. The summed E-state index contributed by atoms with van der Waals surface area (Å²) in [4.78, 5) is 13.2. The van der Waals surface area contributed by atoms with Crippen LogP contribution in [0.1, 0.15) is 31.2 Å². The standard InChI is InChI=1S/C15H19F3N2O/c1-14(19,15(16,17)18)13(21)20-9-7-12(8-10-20)11-5-3-2-4-6-11/h2-6,12H,7-10,19H2,1H3. The SMILES string of the molecule is CC(N)(C(=O)N1CCC(c2ccccc2)CC1)C(F)(F)F. The second-order valence-corrected chi connectivity index (χ2v) is 5.68. The van der Waals surface area contributed by atoms with Crippen molar-refractivity contribution in [1.29, 1.82) is 0 Å². The summed E-state index contributed by atoms with van der Waals surface area (Å²) in [6.45, 7) is 1.35. The molecule has 0 saturated carbocycles. The molecule has 1 fully saturated rings. The van der Waals surface area contributed by atoms with Crippen molar-refractivity contribution in [2.45, 2.75) is 37.4 Å². The lowest BCUT2D eigenvalue weighted by Gasteiger charge is -2.37. The molecule has 1 aromatic carbocycles. The second-order valence-electron chi connectivity index (χ2n) is 5.68. The van der Waals surface area contributed by atoms with Gasteiger partial charge in [-0.05, 0) is 31.2 Å². The summed E-state index contributed by atoms with van der Waals surface area (Å²) in [5, 5.41) is 0. The van der Waals surface area contributed by atoms with E-state index in [0.717, 1.165) is 12.5 Å². The van der Waals surface area contributed by atoms with Gasteiger partial charge in [0.1, 0.15) is 0 Å². The van der Waals surface area contributed by atoms with E-state index in [9.17, 15) is 18.0 Å². The highest BCUT2D eigenvalue weighted by Crippen LogP contribution is 2.33. The third-order valence-corrected chi connectivity index (χ3v) is 4.09. The van der Waals surface area contributed by atoms with Crippen LogP contribution in [0.25, 0.3) is 0 Å². The molecule has 0 aliphatic carbocycles. The van der Waals surface area contributed by atoms with Crippen LogP contribution in [-0.4, -0.2) is 35.6 Å². The van der Waals surface area contributed by atoms with Gasteiger partial charge in [-0.2, -0.15) is 13.2 Å². The van der Waals surface area contributed by atoms with E-state index in [1.54, 1.807) is 0 Å². The number of nitrogens with zero attached hydrogens (tertiary/aromatic N) is 1. The Kier molecular flexibility index (Phi) is 4.27. The van der Waals surface area contributed by atoms with Gasteiger partial charge in [0.05, 0.1) is 0 Å². The van der Waals surface area contributed by atoms with E-state index in [-0.39, 0.29) is 5.92 Å². The van der Waals surface area contributed by atoms with Gasteiger partial charge in [0.25, 0.3) is 5.91 Å².